The van der Waals surface area contributed by atoms with E-state index in [2.05, 4.69) is 142 Å². The molecule has 0 unspecified atom stereocenters. The first-order valence-corrected chi connectivity index (χ1v) is 15.6. The molecule has 46 heavy (non-hydrogen) atoms. The summed E-state index contributed by atoms with van der Waals surface area (Å²) in [5.74, 6) is 1.55. The van der Waals surface area contributed by atoms with Crippen LogP contribution in [0.3, 0.4) is 0 Å². The molecule has 4 heterocycles. The number of para-hydroxylation sites is 2. The van der Waals surface area contributed by atoms with Gasteiger partial charge >= 0.3 is 0 Å². The third-order valence-electron chi connectivity index (χ3n) is 9.30. The topological polar surface area (TPSA) is 35.1 Å². The highest BCUT2D eigenvalue weighted by Gasteiger charge is 2.20. The van der Waals surface area contributed by atoms with Crippen molar-refractivity contribution >= 4 is 59.9 Å². The third kappa shape index (κ3) is 3.55. The van der Waals surface area contributed by atoms with Crippen LogP contribution in [0.2, 0.25) is 0 Å². The lowest BCUT2D eigenvalue weighted by molar-refractivity contribution is 1.05. The second-order valence-electron chi connectivity index (χ2n) is 11.8. The van der Waals surface area contributed by atoms with Gasteiger partial charge in [-0.2, -0.15) is 0 Å². The van der Waals surface area contributed by atoms with Crippen LogP contribution >= 0.6 is 0 Å². The van der Waals surface area contributed by atoms with E-state index in [0.29, 0.717) is 5.82 Å². The SMILES string of the molecule is c1ccc(-c2cc(-n3c4ccccc4c4c5cc6c7ccccc7c7ccccc7n6c5ccc43)nc(-c3ccccc3)n2)cc1. The Morgan fingerprint density at radius 2 is 0.935 bits per heavy atom. The van der Waals surface area contributed by atoms with Crippen molar-refractivity contribution in [1.82, 2.24) is 18.9 Å². The second-order valence-corrected chi connectivity index (χ2v) is 11.8. The summed E-state index contributed by atoms with van der Waals surface area (Å²) in [6, 6.07) is 55.8. The standard InChI is InChI=1S/C42H26N4/c1-3-13-27(14-4-1)34-26-40(44-42(43-34)28-15-5-2-6-16-28)46-36-22-12-10-20-32(36)41-33-25-39-31-19-8-7-17-29(31)30-18-9-11-21-35(30)45(39)37(33)23-24-38(41)46/h1-26H. The van der Waals surface area contributed by atoms with Crippen molar-refractivity contribution in [2.24, 2.45) is 0 Å². The Kier molecular flexibility index (Phi) is 5.25. The van der Waals surface area contributed by atoms with Crippen molar-refractivity contribution in [3.05, 3.63) is 158 Å². The number of aromatic nitrogens is 4. The molecule has 0 fully saturated rings. The molecule has 0 radical (unpaired) electrons. The van der Waals surface area contributed by atoms with Crippen LogP contribution in [-0.2, 0) is 0 Å². The summed E-state index contributed by atoms with van der Waals surface area (Å²) in [6.07, 6.45) is 0. The van der Waals surface area contributed by atoms with Crippen LogP contribution in [0.15, 0.2) is 158 Å². The van der Waals surface area contributed by atoms with Crippen molar-refractivity contribution in [2.75, 3.05) is 0 Å². The van der Waals surface area contributed by atoms with E-state index in [1.807, 2.05) is 24.3 Å². The maximum atomic E-state index is 5.22. The Bertz CT molecular complexity index is 2730. The Labute approximate surface area is 264 Å². The highest BCUT2D eigenvalue weighted by atomic mass is 15.1. The summed E-state index contributed by atoms with van der Waals surface area (Å²) >= 11 is 0. The molecule has 4 aromatic heterocycles. The van der Waals surface area contributed by atoms with Crippen LogP contribution < -0.4 is 0 Å². The maximum absolute atomic E-state index is 5.22. The molecular weight excluding hydrogens is 560 g/mol. The highest BCUT2D eigenvalue weighted by Crippen LogP contribution is 2.41. The number of pyridine rings is 1. The van der Waals surface area contributed by atoms with Gasteiger partial charge in [0.15, 0.2) is 5.82 Å². The van der Waals surface area contributed by atoms with Crippen molar-refractivity contribution in [3.63, 3.8) is 0 Å². The average molecular weight is 587 g/mol. The van der Waals surface area contributed by atoms with Gasteiger partial charge in [-0.3, -0.25) is 4.57 Å². The molecule has 10 rings (SSSR count). The molecule has 10 aromatic rings. The average Bonchev–Trinajstić information content (AvgIpc) is 3.69. The van der Waals surface area contributed by atoms with Gasteiger partial charge < -0.3 is 4.40 Å². The molecule has 0 aliphatic rings. The summed E-state index contributed by atoms with van der Waals surface area (Å²) in [5.41, 5.74) is 8.81. The maximum Gasteiger partial charge on any atom is 0.162 e. The molecule has 4 heteroatoms. The van der Waals surface area contributed by atoms with Gasteiger partial charge in [-0.25, -0.2) is 9.97 Å². The molecule has 0 N–H and O–H groups in total. The van der Waals surface area contributed by atoms with Crippen LogP contribution in [0.25, 0.3) is 88.4 Å². The number of benzene rings is 6. The van der Waals surface area contributed by atoms with E-state index >= 15 is 0 Å². The zero-order valence-electron chi connectivity index (χ0n) is 24.8. The first kappa shape index (κ1) is 25.1. The Morgan fingerprint density at radius 3 is 1.70 bits per heavy atom. The normalized spacial score (nSPS) is 11.9. The molecule has 0 amide bonds. The van der Waals surface area contributed by atoms with Gasteiger partial charge in [0.25, 0.3) is 0 Å². The van der Waals surface area contributed by atoms with E-state index in [9.17, 15) is 0 Å². The van der Waals surface area contributed by atoms with E-state index in [4.69, 9.17) is 9.97 Å². The minimum Gasteiger partial charge on any atom is -0.309 e. The zero-order valence-corrected chi connectivity index (χ0v) is 24.8. The van der Waals surface area contributed by atoms with Gasteiger partial charge in [-0.15, -0.1) is 0 Å². The number of hydrogen-bond acceptors (Lipinski definition) is 2. The van der Waals surface area contributed by atoms with Gasteiger partial charge in [-0.1, -0.05) is 121 Å². The summed E-state index contributed by atoms with van der Waals surface area (Å²) in [5, 5.41) is 7.45. The molecule has 0 atom stereocenters. The Hall–Kier alpha value is -6.26. The lowest BCUT2D eigenvalue weighted by Crippen LogP contribution is -2.02. The van der Waals surface area contributed by atoms with Gasteiger partial charge in [0.1, 0.15) is 5.82 Å². The molecule has 0 saturated carbocycles. The minimum absolute atomic E-state index is 0.705. The number of fused-ring (bicyclic) bond motifs is 12. The molecule has 4 nitrogen and oxygen atoms in total. The first-order valence-electron chi connectivity index (χ1n) is 15.6. The molecular formula is C42H26N4. The fraction of sp³-hybridized carbons (Fsp3) is 0. The Morgan fingerprint density at radius 1 is 0.370 bits per heavy atom. The third-order valence-corrected chi connectivity index (χ3v) is 9.30. The largest absolute Gasteiger partial charge is 0.309 e. The first-order chi connectivity index (χ1) is 22.8. The van der Waals surface area contributed by atoms with E-state index in [1.54, 1.807) is 0 Å². The molecule has 0 spiro atoms. The van der Waals surface area contributed by atoms with Crippen molar-refractivity contribution in [2.45, 2.75) is 0 Å². The molecule has 0 saturated heterocycles. The summed E-state index contributed by atoms with van der Waals surface area (Å²) < 4.78 is 4.74. The van der Waals surface area contributed by atoms with E-state index in [-0.39, 0.29) is 0 Å². The van der Waals surface area contributed by atoms with Gasteiger partial charge in [0, 0.05) is 44.1 Å². The monoisotopic (exact) mass is 586 g/mol. The summed E-state index contributed by atoms with van der Waals surface area (Å²) in [6.45, 7) is 0. The summed E-state index contributed by atoms with van der Waals surface area (Å²) in [7, 11) is 0. The van der Waals surface area contributed by atoms with Gasteiger partial charge in [0.2, 0.25) is 0 Å². The fourth-order valence-corrected chi connectivity index (χ4v) is 7.31. The molecule has 6 aromatic carbocycles. The van der Waals surface area contributed by atoms with Crippen LogP contribution in [0.1, 0.15) is 0 Å². The van der Waals surface area contributed by atoms with E-state index < -0.39 is 0 Å². The van der Waals surface area contributed by atoms with Crippen molar-refractivity contribution in [1.29, 1.82) is 0 Å². The quantitative estimate of drug-likeness (QED) is 0.193. The lowest BCUT2D eigenvalue weighted by atomic mass is 10.0. The van der Waals surface area contributed by atoms with Gasteiger partial charge in [0.05, 0.1) is 33.3 Å². The molecule has 214 valence electrons. The van der Waals surface area contributed by atoms with Crippen molar-refractivity contribution < 1.29 is 0 Å². The van der Waals surface area contributed by atoms with Gasteiger partial charge in [-0.05, 0) is 35.7 Å². The lowest BCUT2D eigenvalue weighted by Gasteiger charge is -2.12. The Balaban J connectivity index is 1.34. The predicted octanol–water partition coefficient (Wildman–Crippen LogP) is 10.6. The zero-order chi connectivity index (χ0) is 30.2. The number of hydrogen-bond donors (Lipinski definition) is 0. The second kappa shape index (κ2) is 9.62. The van der Waals surface area contributed by atoms with Crippen LogP contribution in [0, 0.1) is 0 Å². The van der Waals surface area contributed by atoms with Crippen LogP contribution in [0.4, 0.5) is 0 Å². The highest BCUT2D eigenvalue weighted by molar-refractivity contribution is 6.24. The van der Waals surface area contributed by atoms with Crippen LogP contribution in [-0.4, -0.2) is 18.9 Å². The minimum atomic E-state index is 0.705. The summed E-state index contributed by atoms with van der Waals surface area (Å²) in [4.78, 5) is 10.3. The fourth-order valence-electron chi connectivity index (χ4n) is 7.31. The smallest absolute Gasteiger partial charge is 0.162 e. The van der Waals surface area contributed by atoms with E-state index in [0.717, 1.165) is 33.7 Å². The van der Waals surface area contributed by atoms with Crippen LogP contribution in [0.5, 0.6) is 0 Å². The molecule has 0 bridgehead atoms. The van der Waals surface area contributed by atoms with E-state index in [1.165, 1.54) is 48.9 Å². The number of nitrogens with zero attached hydrogens (tertiary/aromatic N) is 4. The molecule has 0 aliphatic carbocycles. The van der Waals surface area contributed by atoms with Crippen molar-refractivity contribution in [3.8, 4) is 28.5 Å². The number of rotatable bonds is 3. The predicted molar refractivity (Wildman–Crippen MR) is 191 cm³/mol. The molecule has 0 aliphatic heterocycles.